The quantitative estimate of drug-likeness (QED) is 0.482. The third-order valence-corrected chi connectivity index (χ3v) is 3.58. The van der Waals surface area contributed by atoms with E-state index < -0.39 is 11.8 Å². The summed E-state index contributed by atoms with van der Waals surface area (Å²) in [7, 11) is 0. The van der Waals surface area contributed by atoms with Crippen molar-refractivity contribution in [3.05, 3.63) is 58.6 Å². The zero-order valence-electron chi connectivity index (χ0n) is 13.3. The van der Waals surface area contributed by atoms with Crippen LogP contribution in [0.3, 0.4) is 0 Å². The Labute approximate surface area is 148 Å². The Hall–Kier alpha value is -3.06. The molecule has 0 aliphatic carbocycles. The molecule has 8 heteroatoms. The van der Waals surface area contributed by atoms with Crippen molar-refractivity contribution < 1.29 is 19.8 Å². The van der Waals surface area contributed by atoms with E-state index in [-0.39, 0.29) is 28.6 Å². The smallest absolute Gasteiger partial charge is 0.259 e. The number of hydrogen-bond donors (Lipinski definition) is 4. The highest BCUT2D eigenvalue weighted by Crippen LogP contribution is 2.22. The Morgan fingerprint density at radius 1 is 1.12 bits per heavy atom. The van der Waals surface area contributed by atoms with E-state index in [1.807, 2.05) is 0 Å². The predicted molar refractivity (Wildman–Crippen MR) is 93.9 cm³/mol. The molecule has 0 atom stereocenters. The van der Waals surface area contributed by atoms with Crippen molar-refractivity contribution in [1.82, 2.24) is 10.7 Å². The predicted octanol–water partition coefficient (Wildman–Crippen LogP) is 2.02. The van der Waals surface area contributed by atoms with Gasteiger partial charge in [0.05, 0.1) is 22.8 Å². The van der Waals surface area contributed by atoms with Crippen LogP contribution in [0.25, 0.3) is 0 Å². The summed E-state index contributed by atoms with van der Waals surface area (Å²) in [6.45, 7) is 1.29. The minimum absolute atomic E-state index is 0.0830. The lowest BCUT2D eigenvalue weighted by Crippen LogP contribution is -2.35. The molecule has 0 bridgehead atoms. The summed E-state index contributed by atoms with van der Waals surface area (Å²) in [5.41, 5.74) is 3.24. The largest absolute Gasteiger partial charge is 0.508 e. The second-order valence-electron chi connectivity index (χ2n) is 5.10. The molecular formula is C17H16ClN3O4. The number of phenolic OH excluding ortho intramolecular Hbond substituents is 2. The van der Waals surface area contributed by atoms with Gasteiger partial charge in [-0.3, -0.25) is 9.59 Å². The molecular weight excluding hydrogens is 346 g/mol. The van der Waals surface area contributed by atoms with E-state index in [0.29, 0.717) is 11.3 Å². The summed E-state index contributed by atoms with van der Waals surface area (Å²) >= 11 is 5.91. The lowest BCUT2D eigenvalue weighted by atomic mass is 10.1. The van der Waals surface area contributed by atoms with Crippen molar-refractivity contribution in [3.8, 4) is 11.5 Å². The normalized spacial score (nSPS) is 11.0. The van der Waals surface area contributed by atoms with Gasteiger partial charge in [0.15, 0.2) is 0 Å². The van der Waals surface area contributed by atoms with Crippen LogP contribution >= 0.6 is 11.6 Å². The van der Waals surface area contributed by atoms with Crippen LogP contribution in [0, 0.1) is 0 Å². The molecule has 25 heavy (non-hydrogen) atoms. The number of nitrogens with zero attached hydrogens (tertiary/aromatic N) is 1. The van der Waals surface area contributed by atoms with E-state index >= 15 is 0 Å². The van der Waals surface area contributed by atoms with Crippen LogP contribution in [0.2, 0.25) is 5.02 Å². The molecule has 2 aromatic rings. The summed E-state index contributed by atoms with van der Waals surface area (Å²) in [5.74, 6) is -1.27. The van der Waals surface area contributed by atoms with Crippen LogP contribution < -0.4 is 10.7 Å². The Bertz CT molecular complexity index is 836. The van der Waals surface area contributed by atoms with Crippen LogP contribution in [0.1, 0.15) is 22.8 Å². The summed E-state index contributed by atoms with van der Waals surface area (Å²) < 4.78 is 0. The first-order valence-electron chi connectivity index (χ1n) is 7.26. The van der Waals surface area contributed by atoms with Crippen LogP contribution in [0.4, 0.5) is 0 Å². The molecule has 130 valence electrons. The van der Waals surface area contributed by atoms with Gasteiger partial charge >= 0.3 is 0 Å². The van der Waals surface area contributed by atoms with E-state index in [1.165, 1.54) is 18.2 Å². The van der Waals surface area contributed by atoms with Crippen molar-refractivity contribution in [1.29, 1.82) is 0 Å². The molecule has 4 N–H and O–H groups in total. The van der Waals surface area contributed by atoms with E-state index in [1.54, 1.807) is 31.2 Å². The zero-order chi connectivity index (χ0) is 18.4. The standard InChI is InChI=1S/C17H16ClN3O4/c1-10(12-7-6-11(22)8-15(12)23)20-21-16(24)9-19-17(25)13-4-2-3-5-14(13)18/h2-8,22-23H,9H2,1H3,(H,19,25)(H,21,24). The number of aromatic hydroxyl groups is 2. The zero-order valence-corrected chi connectivity index (χ0v) is 14.0. The molecule has 0 saturated heterocycles. The molecule has 0 radical (unpaired) electrons. The van der Waals surface area contributed by atoms with Crippen molar-refractivity contribution >= 4 is 29.1 Å². The van der Waals surface area contributed by atoms with Gasteiger partial charge in [0.2, 0.25) is 0 Å². The Balaban J connectivity index is 1.92. The van der Waals surface area contributed by atoms with Crippen molar-refractivity contribution in [2.75, 3.05) is 6.54 Å². The van der Waals surface area contributed by atoms with Crippen LogP contribution in [0.5, 0.6) is 11.5 Å². The van der Waals surface area contributed by atoms with Crippen LogP contribution in [0.15, 0.2) is 47.6 Å². The van der Waals surface area contributed by atoms with Gasteiger partial charge in [0, 0.05) is 11.6 Å². The molecule has 2 amide bonds. The molecule has 0 aliphatic heterocycles. The lowest BCUT2D eigenvalue weighted by Gasteiger charge is -2.07. The summed E-state index contributed by atoms with van der Waals surface area (Å²) in [5, 5.41) is 25.6. The molecule has 0 spiro atoms. The van der Waals surface area contributed by atoms with Gasteiger partial charge in [0.1, 0.15) is 11.5 Å². The molecule has 0 unspecified atom stereocenters. The number of carbonyl (C=O) groups excluding carboxylic acids is 2. The van der Waals surface area contributed by atoms with Gasteiger partial charge in [-0.2, -0.15) is 5.10 Å². The average molecular weight is 362 g/mol. The molecule has 0 aromatic heterocycles. The fourth-order valence-electron chi connectivity index (χ4n) is 1.97. The van der Waals surface area contributed by atoms with E-state index in [0.717, 1.165) is 0 Å². The first-order valence-corrected chi connectivity index (χ1v) is 7.64. The Kier molecular flexibility index (Phi) is 5.97. The lowest BCUT2D eigenvalue weighted by molar-refractivity contribution is -0.120. The average Bonchev–Trinajstić information content (AvgIpc) is 2.58. The Morgan fingerprint density at radius 2 is 1.84 bits per heavy atom. The van der Waals surface area contributed by atoms with Gasteiger partial charge < -0.3 is 15.5 Å². The summed E-state index contributed by atoms with van der Waals surface area (Å²) in [6, 6.07) is 10.5. The number of phenols is 2. The molecule has 0 fully saturated rings. The van der Waals surface area contributed by atoms with Crippen LogP contribution in [-0.4, -0.2) is 34.3 Å². The summed E-state index contributed by atoms with van der Waals surface area (Å²) in [4.78, 5) is 23.7. The first-order chi connectivity index (χ1) is 11.9. The number of carbonyl (C=O) groups is 2. The SMILES string of the molecule is CC(=NNC(=O)CNC(=O)c1ccccc1Cl)c1ccc(O)cc1O. The number of halogens is 1. The van der Waals surface area contributed by atoms with Gasteiger partial charge in [-0.25, -0.2) is 5.43 Å². The minimum atomic E-state index is -0.543. The van der Waals surface area contributed by atoms with Gasteiger partial charge in [-0.15, -0.1) is 0 Å². The molecule has 0 aliphatic rings. The van der Waals surface area contributed by atoms with Gasteiger partial charge in [-0.05, 0) is 31.2 Å². The molecule has 2 rings (SSSR count). The second-order valence-corrected chi connectivity index (χ2v) is 5.50. The number of hydrazone groups is 1. The fourth-order valence-corrected chi connectivity index (χ4v) is 2.19. The molecule has 7 nitrogen and oxygen atoms in total. The first kappa shape index (κ1) is 18.3. The van der Waals surface area contributed by atoms with Gasteiger partial charge in [-0.1, -0.05) is 23.7 Å². The van der Waals surface area contributed by atoms with E-state index in [4.69, 9.17) is 11.6 Å². The maximum atomic E-state index is 11.9. The molecule has 0 saturated carbocycles. The van der Waals surface area contributed by atoms with Crippen molar-refractivity contribution in [2.24, 2.45) is 5.10 Å². The van der Waals surface area contributed by atoms with E-state index in [2.05, 4.69) is 15.8 Å². The van der Waals surface area contributed by atoms with Crippen molar-refractivity contribution in [2.45, 2.75) is 6.92 Å². The maximum absolute atomic E-state index is 11.9. The number of rotatable bonds is 5. The third kappa shape index (κ3) is 4.95. The van der Waals surface area contributed by atoms with Crippen molar-refractivity contribution in [3.63, 3.8) is 0 Å². The Morgan fingerprint density at radius 3 is 2.52 bits per heavy atom. The minimum Gasteiger partial charge on any atom is -0.508 e. The third-order valence-electron chi connectivity index (χ3n) is 3.25. The topological polar surface area (TPSA) is 111 Å². The highest BCUT2D eigenvalue weighted by molar-refractivity contribution is 6.33. The highest BCUT2D eigenvalue weighted by Gasteiger charge is 2.11. The summed E-state index contributed by atoms with van der Waals surface area (Å²) in [6.07, 6.45) is 0. The van der Waals surface area contributed by atoms with Crippen LogP contribution in [-0.2, 0) is 4.79 Å². The number of nitrogens with one attached hydrogen (secondary N) is 2. The number of amides is 2. The van der Waals surface area contributed by atoms with Gasteiger partial charge in [0.25, 0.3) is 11.8 Å². The maximum Gasteiger partial charge on any atom is 0.259 e. The number of hydrogen-bond acceptors (Lipinski definition) is 5. The molecule has 0 heterocycles. The second kappa shape index (κ2) is 8.16. The number of benzene rings is 2. The monoisotopic (exact) mass is 361 g/mol. The molecule has 2 aromatic carbocycles. The highest BCUT2D eigenvalue weighted by atomic mass is 35.5. The fraction of sp³-hybridized carbons (Fsp3) is 0.118. The van der Waals surface area contributed by atoms with E-state index in [9.17, 15) is 19.8 Å².